The van der Waals surface area contributed by atoms with E-state index in [0.717, 1.165) is 51.4 Å². The second-order valence-corrected chi connectivity index (χ2v) is 21.7. The summed E-state index contributed by atoms with van der Waals surface area (Å²) >= 11 is 0. The highest BCUT2D eigenvalue weighted by molar-refractivity contribution is 5.76. The Morgan fingerprint density at radius 2 is 0.714 bits per heavy atom. The first kappa shape index (κ1) is 68.3. The summed E-state index contributed by atoms with van der Waals surface area (Å²) in [6, 6.07) is -0.541. The zero-order valence-corrected chi connectivity index (χ0v) is 47.3. The summed E-state index contributed by atoms with van der Waals surface area (Å²) in [5.41, 5.74) is 0. The molecule has 0 radical (unpaired) electrons. The summed E-state index contributed by atoms with van der Waals surface area (Å²) in [6.07, 6.45) is 73.3. The number of hydrogen-bond donors (Lipinski definition) is 3. The minimum atomic E-state index is -0.664. The maximum atomic E-state index is 12.5. The van der Waals surface area contributed by atoms with Crippen molar-refractivity contribution in [2.75, 3.05) is 13.2 Å². The first-order chi connectivity index (χ1) is 34.5. The molecule has 2 atom stereocenters. The summed E-state index contributed by atoms with van der Waals surface area (Å²) in [6.45, 7) is 4.95. The van der Waals surface area contributed by atoms with Crippen LogP contribution in [-0.4, -0.2) is 47.4 Å². The van der Waals surface area contributed by atoms with Crippen LogP contribution in [0.3, 0.4) is 0 Å². The molecular weight excluding hydrogens is 863 g/mol. The van der Waals surface area contributed by atoms with Crippen molar-refractivity contribution in [2.24, 2.45) is 0 Å². The number of ether oxygens (including phenoxy) is 1. The van der Waals surface area contributed by atoms with Gasteiger partial charge in [-0.3, -0.25) is 9.59 Å². The third kappa shape index (κ3) is 55.7. The van der Waals surface area contributed by atoms with Crippen LogP contribution in [0.1, 0.15) is 348 Å². The van der Waals surface area contributed by atoms with Gasteiger partial charge in [-0.2, -0.15) is 0 Å². The Morgan fingerprint density at radius 3 is 1.10 bits per heavy atom. The van der Waals surface area contributed by atoms with Crippen molar-refractivity contribution in [1.29, 1.82) is 0 Å². The number of rotatable bonds is 59. The number of nitrogens with one attached hydrogen (secondary N) is 1. The van der Waals surface area contributed by atoms with Gasteiger partial charge in [0, 0.05) is 12.8 Å². The van der Waals surface area contributed by atoms with E-state index in [9.17, 15) is 19.8 Å². The Kier molecular flexibility index (Phi) is 58.5. The molecular formula is C64H123NO5. The van der Waals surface area contributed by atoms with E-state index in [-0.39, 0.29) is 18.5 Å². The standard InChI is InChI=1S/C64H123NO5/c1-3-5-7-9-11-13-15-17-19-30-34-38-42-46-50-54-58-64(69)70-59-55-51-47-43-39-35-31-27-25-23-21-20-22-24-26-29-33-37-41-45-49-53-57-63(68)65-61(60-66)62(67)56-52-48-44-40-36-32-28-18-16-14-12-10-8-6-4-2/h13,15,19,30,61-62,66-67H,3-12,14,16-18,20-29,31-60H2,1-2H3,(H,65,68)/b15-13-,30-19-. The fourth-order valence-corrected chi connectivity index (χ4v) is 9.91. The first-order valence-electron chi connectivity index (χ1n) is 31.6. The van der Waals surface area contributed by atoms with Gasteiger partial charge in [0.25, 0.3) is 0 Å². The van der Waals surface area contributed by atoms with E-state index < -0.39 is 12.1 Å². The Balaban J connectivity index is 3.38. The third-order valence-corrected chi connectivity index (χ3v) is 14.8. The molecule has 2 unspecified atom stereocenters. The summed E-state index contributed by atoms with van der Waals surface area (Å²) in [4.78, 5) is 24.6. The molecule has 0 saturated heterocycles. The number of amides is 1. The van der Waals surface area contributed by atoms with Crippen LogP contribution in [0, 0.1) is 0 Å². The summed E-state index contributed by atoms with van der Waals surface area (Å²) in [5, 5.41) is 23.3. The zero-order valence-electron chi connectivity index (χ0n) is 47.3. The molecule has 6 heteroatoms. The molecule has 0 aromatic heterocycles. The predicted molar refractivity (Wildman–Crippen MR) is 306 cm³/mol. The number of carbonyl (C=O) groups excluding carboxylic acids is 2. The number of hydrogen-bond acceptors (Lipinski definition) is 5. The van der Waals surface area contributed by atoms with Gasteiger partial charge in [-0.1, -0.05) is 301 Å². The molecule has 0 aromatic carbocycles. The predicted octanol–water partition coefficient (Wildman–Crippen LogP) is 19.8. The van der Waals surface area contributed by atoms with E-state index in [1.165, 1.54) is 263 Å². The third-order valence-electron chi connectivity index (χ3n) is 14.8. The lowest BCUT2D eigenvalue weighted by Crippen LogP contribution is -2.45. The molecule has 0 aliphatic heterocycles. The molecule has 0 spiro atoms. The van der Waals surface area contributed by atoms with Crippen molar-refractivity contribution in [2.45, 2.75) is 360 Å². The SMILES string of the molecule is CCCCCC/C=C\C/C=C\CCCCCCCC(=O)OCCCCCCCCCCCCCCCCCCCCCCCCC(=O)NC(CO)C(O)CCCCCCCCCCCCCCCCC. The maximum Gasteiger partial charge on any atom is 0.305 e. The molecule has 0 rings (SSSR count). The molecule has 0 aliphatic carbocycles. The molecule has 414 valence electrons. The van der Waals surface area contributed by atoms with Gasteiger partial charge in [-0.25, -0.2) is 0 Å². The van der Waals surface area contributed by atoms with Crippen LogP contribution in [0.25, 0.3) is 0 Å². The van der Waals surface area contributed by atoms with Gasteiger partial charge in [0.1, 0.15) is 0 Å². The van der Waals surface area contributed by atoms with Crippen molar-refractivity contribution in [3.05, 3.63) is 24.3 Å². The van der Waals surface area contributed by atoms with E-state index >= 15 is 0 Å². The second kappa shape index (κ2) is 59.9. The Bertz CT molecular complexity index is 1090. The molecule has 0 saturated carbocycles. The normalized spacial score (nSPS) is 12.7. The molecule has 1 amide bonds. The van der Waals surface area contributed by atoms with E-state index in [1.54, 1.807) is 0 Å². The molecule has 0 heterocycles. The smallest absolute Gasteiger partial charge is 0.305 e. The van der Waals surface area contributed by atoms with Crippen molar-refractivity contribution in [3.8, 4) is 0 Å². The van der Waals surface area contributed by atoms with E-state index in [0.29, 0.717) is 25.9 Å². The highest BCUT2D eigenvalue weighted by Gasteiger charge is 2.20. The average molecular weight is 987 g/mol. The second-order valence-electron chi connectivity index (χ2n) is 21.7. The number of allylic oxidation sites excluding steroid dienone is 4. The van der Waals surface area contributed by atoms with Crippen LogP contribution < -0.4 is 5.32 Å². The number of esters is 1. The maximum absolute atomic E-state index is 12.5. The molecule has 0 bridgehead atoms. The quantitative estimate of drug-likeness (QED) is 0.0321. The summed E-state index contributed by atoms with van der Waals surface area (Å²) in [5.74, 6) is -0.0330. The molecule has 0 fully saturated rings. The van der Waals surface area contributed by atoms with E-state index in [4.69, 9.17) is 4.74 Å². The van der Waals surface area contributed by atoms with Crippen LogP contribution >= 0.6 is 0 Å². The molecule has 0 aromatic rings. The average Bonchev–Trinajstić information content (AvgIpc) is 3.36. The minimum Gasteiger partial charge on any atom is -0.466 e. The van der Waals surface area contributed by atoms with Gasteiger partial charge >= 0.3 is 5.97 Å². The van der Waals surface area contributed by atoms with Gasteiger partial charge in [0.05, 0.1) is 25.4 Å². The highest BCUT2D eigenvalue weighted by Crippen LogP contribution is 2.18. The lowest BCUT2D eigenvalue weighted by atomic mass is 10.0. The number of carbonyl (C=O) groups is 2. The lowest BCUT2D eigenvalue weighted by Gasteiger charge is -2.22. The van der Waals surface area contributed by atoms with Gasteiger partial charge in [-0.05, 0) is 57.8 Å². The van der Waals surface area contributed by atoms with Crippen LogP contribution in [0.2, 0.25) is 0 Å². The van der Waals surface area contributed by atoms with Crippen molar-refractivity contribution in [3.63, 3.8) is 0 Å². The summed E-state index contributed by atoms with van der Waals surface area (Å²) < 4.78 is 5.48. The highest BCUT2D eigenvalue weighted by atomic mass is 16.5. The Hall–Kier alpha value is -1.66. The minimum absolute atomic E-state index is 0.000286. The lowest BCUT2D eigenvalue weighted by molar-refractivity contribution is -0.143. The Labute approximate surface area is 437 Å². The number of unbranched alkanes of at least 4 members (excludes halogenated alkanes) is 44. The van der Waals surface area contributed by atoms with Crippen molar-refractivity contribution < 1.29 is 24.5 Å². The van der Waals surface area contributed by atoms with Gasteiger partial charge in [0.2, 0.25) is 5.91 Å². The zero-order chi connectivity index (χ0) is 50.7. The molecule has 6 nitrogen and oxygen atoms in total. The summed E-state index contributed by atoms with van der Waals surface area (Å²) in [7, 11) is 0. The number of aliphatic hydroxyl groups is 2. The van der Waals surface area contributed by atoms with Crippen LogP contribution in [-0.2, 0) is 14.3 Å². The van der Waals surface area contributed by atoms with E-state index in [2.05, 4.69) is 43.5 Å². The van der Waals surface area contributed by atoms with Crippen molar-refractivity contribution in [1.82, 2.24) is 5.32 Å². The van der Waals surface area contributed by atoms with Crippen LogP contribution in [0.5, 0.6) is 0 Å². The molecule has 70 heavy (non-hydrogen) atoms. The van der Waals surface area contributed by atoms with E-state index in [1.807, 2.05) is 0 Å². The first-order valence-corrected chi connectivity index (χ1v) is 31.6. The fourth-order valence-electron chi connectivity index (χ4n) is 9.91. The Morgan fingerprint density at radius 1 is 0.400 bits per heavy atom. The molecule has 3 N–H and O–H groups in total. The topological polar surface area (TPSA) is 95.9 Å². The van der Waals surface area contributed by atoms with Crippen molar-refractivity contribution >= 4 is 11.9 Å². The van der Waals surface area contributed by atoms with Gasteiger partial charge in [0.15, 0.2) is 0 Å². The number of aliphatic hydroxyl groups excluding tert-OH is 2. The largest absolute Gasteiger partial charge is 0.466 e. The van der Waals surface area contributed by atoms with Gasteiger partial charge in [-0.15, -0.1) is 0 Å². The fraction of sp³-hybridized carbons (Fsp3) is 0.906. The van der Waals surface area contributed by atoms with Gasteiger partial charge < -0.3 is 20.3 Å². The monoisotopic (exact) mass is 986 g/mol. The van der Waals surface area contributed by atoms with Crippen LogP contribution in [0.15, 0.2) is 24.3 Å². The molecule has 0 aliphatic rings. The van der Waals surface area contributed by atoms with Crippen LogP contribution in [0.4, 0.5) is 0 Å².